The lowest BCUT2D eigenvalue weighted by Gasteiger charge is -2.43. The van der Waals surface area contributed by atoms with E-state index in [0.29, 0.717) is 6.04 Å². The largest absolute Gasteiger partial charge is 0.326 e. The van der Waals surface area contributed by atoms with E-state index in [9.17, 15) is 4.79 Å². The zero-order chi connectivity index (χ0) is 14.7. The van der Waals surface area contributed by atoms with E-state index in [2.05, 4.69) is 27.7 Å². The first kappa shape index (κ1) is 14.5. The minimum absolute atomic E-state index is 0.0135. The van der Waals surface area contributed by atoms with Gasteiger partial charge in [-0.1, -0.05) is 18.6 Å². The van der Waals surface area contributed by atoms with E-state index < -0.39 is 0 Å². The van der Waals surface area contributed by atoms with Crippen LogP contribution in [-0.2, 0) is 4.79 Å². The van der Waals surface area contributed by atoms with Gasteiger partial charge in [-0.05, 0) is 36.5 Å². The predicted molar refractivity (Wildman–Crippen MR) is 85.3 cm³/mol. The highest BCUT2D eigenvalue weighted by Gasteiger charge is 2.33. The van der Waals surface area contributed by atoms with E-state index in [1.54, 1.807) is 6.92 Å². The summed E-state index contributed by atoms with van der Waals surface area (Å²) in [5.74, 6) is 0.787. The van der Waals surface area contributed by atoms with Crippen LogP contribution in [0.3, 0.4) is 0 Å². The maximum atomic E-state index is 11.1. The maximum Gasteiger partial charge on any atom is 0.221 e. The number of amides is 1. The number of nitrogens with zero attached hydrogens (tertiary/aromatic N) is 1. The summed E-state index contributed by atoms with van der Waals surface area (Å²) in [6.07, 6.45) is 4.07. The number of carbonyl (C=O) groups excluding carboxylic acids is 1. The molecule has 2 aliphatic rings. The summed E-state index contributed by atoms with van der Waals surface area (Å²) in [7, 11) is 0. The lowest BCUT2D eigenvalue weighted by atomic mass is 9.76. The molecule has 0 unspecified atom stereocenters. The Morgan fingerprint density at radius 2 is 1.90 bits per heavy atom. The quantitative estimate of drug-likeness (QED) is 0.894. The highest BCUT2D eigenvalue weighted by atomic mass is 16.1. The normalized spacial score (nSPS) is 21.6. The summed E-state index contributed by atoms with van der Waals surface area (Å²) in [5.41, 5.74) is 2.29. The minimum Gasteiger partial charge on any atom is -0.326 e. The molecule has 2 N–H and O–H groups in total. The molecule has 1 heterocycles. The van der Waals surface area contributed by atoms with Gasteiger partial charge in [0.05, 0.1) is 0 Å². The van der Waals surface area contributed by atoms with Crippen LogP contribution >= 0.6 is 0 Å². The van der Waals surface area contributed by atoms with Crippen molar-refractivity contribution in [3.8, 4) is 0 Å². The fourth-order valence-corrected chi connectivity index (χ4v) is 3.46. The van der Waals surface area contributed by atoms with Crippen molar-refractivity contribution in [3.05, 3.63) is 29.8 Å². The first-order valence-electron chi connectivity index (χ1n) is 8.06. The van der Waals surface area contributed by atoms with Crippen LogP contribution in [0.15, 0.2) is 24.3 Å². The number of benzene rings is 1. The molecule has 1 saturated heterocycles. The lowest BCUT2D eigenvalue weighted by molar-refractivity contribution is -0.114. The van der Waals surface area contributed by atoms with Gasteiger partial charge in [-0.15, -0.1) is 0 Å². The molecule has 1 amide bonds. The Balaban J connectivity index is 1.76. The van der Waals surface area contributed by atoms with Crippen LogP contribution in [0.4, 0.5) is 5.69 Å². The summed E-state index contributed by atoms with van der Waals surface area (Å²) in [6, 6.07) is 8.99. The molecule has 1 aliphatic heterocycles. The molecule has 1 aromatic carbocycles. The van der Waals surface area contributed by atoms with Crippen LogP contribution in [0.25, 0.3) is 0 Å². The second-order valence-electron chi connectivity index (χ2n) is 6.22. The third-order valence-electron chi connectivity index (χ3n) is 4.71. The Hall–Kier alpha value is -1.39. The molecule has 1 aromatic rings. The third-order valence-corrected chi connectivity index (χ3v) is 4.71. The SMILES string of the molecule is CC(=O)Nc1ccc([C@H](C2CCC2)N2CCNCC2)cc1. The van der Waals surface area contributed by atoms with Crippen molar-refractivity contribution >= 4 is 11.6 Å². The first-order chi connectivity index (χ1) is 10.2. The molecule has 0 spiro atoms. The van der Waals surface area contributed by atoms with E-state index in [-0.39, 0.29) is 5.91 Å². The summed E-state index contributed by atoms with van der Waals surface area (Å²) in [5, 5.41) is 6.28. The fraction of sp³-hybridized carbons (Fsp3) is 0.588. The number of nitrogens with one attached hydrogen (secondary N) is 2. The molecule has 1 atom stereocenters. The van der Waals surface area contributed by atoms with Crippen molar-refractivity contribution in [3.63, 3.8) is 0 Å². The second kappa shape index (κ2) is 6.58. The number of hydrogen-bond donors (Lipinski definition) is 2. The zero-order valence-corrected chi connectivity index (χ0v) is 12.8. The van der Waals surface area contributed by atoms with Crippen LogP contribution in [0.2, 0.25) is 0 Å². The van der Waals surface area contributed by atoms with Gasteiger partial charge in [-0.2, -0.15) is 0 Å². The van der Waals surface area contributed by atoms with Gasteiger partial charge in [0.15, 0.2) is 0 Å². The van der Waals surface area contributed by atoms with Crippen molar-refractivity contribution < 1.29 is 4.79 Å². The zero-order valence-electron chi connectivity index (χ0n) is 12.8. The summed E-state index contributed by atoms with van der Waals surface area (Å²) in [6.45, 7) is 6.00. The average molecular weight is 287 g/mol. The standard InChI is InChI=1S/C17H25N3O/c1-13(21)19-16-7-5-15(6-8-16)17(14-3-2-4-14)20-11-9-18-10-12-20/h5-8,14,17-18H,2-4,9-12H2,1H3,(H,19,21)/t17-/m0/s1. The number of rotatable bonds is 4. The number of hydrogen-bond acceptors (Lipinski definition) is 3. The molecule has 0 aromatic heterocycles. The average Bonchev–Trinajstić information content (AvgIpc) is 2.44. The van der Waals surface area contributed by atoms with Gasteiger partial charge >= 0.3 is 0 Å². The van der Waals surface area contributed by atoms with Gasteiger partial charge in [0.2, 0.25) is 5.91 Å². The van der Waals surface area contributed by atoms with Crippen molar-refractivity contribution in [2.75, 3.05) is 31.5 Å². The highest BCUT2D eigenvalue weighted by Crippen LogP contribution is 2.41. The Labute approximate surface area is 126 Å². The molecule has 4 heteroatoms. The predicted octanol–water partition coefficient (Wildman–Crippen LogP) is 2.39. The lowest BCUT2D eigenvalue weighted by Crippen LogP contribution is -2.47. The molecule has 21 heavy (non-hydrogen) atoms. The Kier molecular flexibility index (Phi) is 4.56. The Morgan fingerprint density at radius 3 is 2.43 bits per heavy atom. The highest BCUT2D eigenvalue weighted by molar-refractivity contribution is 5.88. The van der Waals surface area contributed by atoms with E-state index in [0.717, 1.165) is 37.8 Å². The smallest absolute Gasteiger partial charge is 0.221 e. The molecule has 3 rings (SSSR count). The van der Waals surface area contributed by atoms with E-state index in [1.165, 1.54) is 24.8 Å². The summed E-state index contributed by atoms with van der Waals surface area (Å²) < 4.78 is 0. The third kappa shape index (κ3) is 3.44. The van der Waals surface area contributed by atoms with Crippen LogP contribution < -0.4 is 10.6 Å². The monoisotopic (exact) mass is 287 g/mol. The topological polar surface area (TPSA) is 44.4 Å². The van der Waals surface area contributed by atoms with E-state index in [4.69, 9.17) is 0 Å². The molecule has 0 bridgehead atoms. The number of piperazine rings is 1. The van der Waals surface area contributed by atoms with Crippen molar-refractivity contribution in [2.45, 2.75) is 32.2 Å². The summed E-state index contributed by atoms with van der Waals surface area (Å²) >= 11 is 0. The Bertz CT molecular complexity index is 475. The number of anilines is 1. The molecule has 4 nitrogen and oxygen atoms in total. The molecular weight excluding hydrogens is 262 g/mol. The van der Waals surface area contributed by atoms with Crippen molar-refractivity contribution in [1.82, 2.24) is 10.2 Å². The van der Waals surface area contributed by atoms with Gasteiger partial charge in [0.1, 0.15) is 0 Å². The van der Waals surface area contributed by atoms with Gasteiger partial charge in [-0.3, -0.25) is 9.69 Å². The van der Waals surface area contributed by atoms with Crippen LogP contribution in [0, 0.1) is 5.92 Å². The van der Waals surface area contributed by atoms with Gasteiger partial charge in [0, 0.05) is 44.8 Å². The van der Waals surface area contributed by atoms with Gasteiger partial charge < -0.3 is 10.6 Å². The molecule has 0 radical (unpaired) electrons. The summed E-state index contributed by atoms with van der Waals surface area (Å²) in [4.78, 5) is 13.7. The Morgan fingerprint density at radius 1 is 1.24 bits per heavy atom. The minimum atomic E-state index is -0.0135. The first-order valence-corrected chi connectivity index (χ1v) is 8.06. The van der Waals surface area contributed by atoms with Crippen LogP contribution in [-0.4, -0.2) is 37.0 Å². The number of carbonyl (C=O) groups is 1. The van der Waals surface area contributed by atoms with Crippen molar-refractivity contribution in [2.24, 2.45) is 5.92 Å². The molecule has 1 saturated carbocycles. The molecular formula is C17H25N3O. The van der Waals surface area contributed by atoms with E-state index >= 15 is 0 Å². The molecule has 114 valence electrons. The molecule has 2 fully saturated rings. The fourth-order valence-electron chi connectivity index (χ4n) is 3.46. The van der Waals surface area contributed by atoms with Crippen molar-refractivity contribution in [1.29, 1.82) is 0 Å². The van der Waals surface area contributed by atoms with Gasteiger partial charge in [0.25, 0.3) is 0 Å². The van der Waals surface area contributed by atoms with Crippen LogP contribution in [0.1, 0.15) is 37.8 Å². The second-order valence-corrected chi connectivity index (χ2v) is 6.22. The van der Waals surface area contributed by atoms with Gasteiger partial charge in [-0.25, -0.2) is 0 Å². The van der Waals surface area contributed by atoms with E-state index in [1.807, 2.05) is 12.1 Å². The van der Waals surface area contributed by atoms with Crippen LogP contribution in [0.5, 0.6) is 0 Å². The maximum absolute atomic E-state index is 11.1. The molecule has 1 aliphatic carbocycles.